The molecule has 1 atom stereocenters. The maximum Gasteiger partial charge on any atom is 0.191 e. The highest BCUT2D eigenvalue weighted by Crippen LogP contribution is 2.40. The van der Waals surface area contributed by atoms with Crippen molar-refractivity contribution in [2.45, 2.75) is 42.7 Å². The van der Waals surface area contributed by atoms with Crippen molar-refractivity contribution >= 4 is 23.4 Å². The summed E-state index contributed by atoms with van der Waals surface area (Å²) < 4.78 is 11.9. The summed E-state index contributed by atoms with van der Waals surface area (Å²) in [5.74, 6) is 1.24. The third-order valence-corrected chi connectivity index (χ3v) is 4.40. The molecule has 0 amide bonds. The van der Waals surface area contributed by atoms with Gasteiger partial charge in [0.2, 0.25) is 0 Å². The number of nitrogens with zero attached hydrogens (tertiary/aromatic N) is 2. The van der Waals surface area contributed by atoms with Crippen molar-refractivity contribution < 1.29 is 9.47 Å². The summed E-state index contributed by atoms with van der Waals surface area (Å²) in [6, 6.07) is 1.55. The van der Waals surface area contributed by atoms with Crippen molar-refractivity contribution in [1.29, 1.82) is 0 Å². The molecule has 1 aromatic heterocycles. The summed E-state index contributed by atoms with van der Waals surface area (Å²) in [6.07, 6.45) is 4.49. The molecule has 104 valence electrons. The number of hydrogen-bond donors (Lipinski definition) is 2. The van der Waals surface area contributed by atoms with Gasteiger partial charge in [-0.15, -0.1) is 0 Å². The average Bonchev–Trinajstić information content (AvgIpc) is 2.97. The van der Waals surface area contributed by atoms with E-state index in [9.17, 15) is 0 Å². The number of thioether (sulfide) groups is 1. The van der Waals surface area contributed by atoms with E-state index in [1.807, 2.05) is 0 Å². The van der Waals surface area contributed by atoms with Gasteiger partial charge in [0.15, 0.2) is 10.9 Å². The third-order valence-electron chi connectivity index (χ3n) is 3.42. The van der Waals surface area contributed by atoms with Gasteiger partial charge in [-0.3, -0.25) is 0 Å². The van der Waals surface area contributed by atoms with Crippen LogP contribution in [0.25, 0.3) is 0 Å². The molecule has 1 unspecified atom stereocenters. The zero-order valence-electron chi connectivity index (χ0n) is 10.7. The summed E-state index contributed by atoms with van der Waals surface area (Å²) in [5.41, 5.74) is 11.3. The van der Waals surface area contributed by atoms with Crippen LogP contribution in [0.1, 0.15) is 25.7 Å². The minimum Gasteiger partial charge on any atom is -0.383 e. The monoisotopic (exact) mass is 282 g/mol. The van der Waals surface area contributed by atoms with Gasteiger partial charge in [0.05, 0.1) is 12.7 Å². The largest absolute Gasteiger partial charge is 0.383 e. The molecule has 4 N–H and O–H groups in total. The Morgan fingerprint density at radius 1 is 1.26 bits per heavy atom. The zero-order chi connectivity index (χ0) is 13.3. The van der Waals surface area contributed by atoms with Crippen LogP contribution in [0.3, 0.4) is 0 Å². The molecule has 1 saturated heterocycles. The summed E-state index contributed by atoms with van der Waals surface area (Å²) in [6.45, 7) is 0.644. The molecule has 19 heavy (non-hydrogen) atoms. The topological polar surface area (TPSA) is 96.3 Å². The molecule has 1 spiro atoms. The molecule has 2 aliphatic rings. The lowest BCUT2D eigenvalue weighted by Gasteiger charge is -2.21. The molecule has 1 aliphatic heterocycles. The Morgan fingerprint density at radius 3 is 2.63 bits per heavy atom. The number of aromatic nitrogens is 2. The molecule has 2 fully saturated rings. The molecular formula is C12H18N4O2S. The SMILES string of the molecule is Nc1cc(N)nc(SCC2COC3(CCCC3)O2)n1. The van der Waals surface area contributed by atoms with Gasteiger partial charge in [0, 0.05) is 24.7 Å². The van der Waals surface area contributed by atoms with Crippen LogP contribution in [-0.2, 0) is 9.47 Å². The minimum absolute atomic E-state index is 0.0920. The Bertz CT molecular complexity index is 445. The smallest absolute Gasteiger partial charge is 0.191 e. The lowest BCUT2D eigenvalue weighted by molar-refractivity contribution is -0.159. The lowest BCUT2D eigenvalue weighted by atomic mass is 10.2. The van der Waals surface area contributed by atoms with Crippen molar-refractivity contribution in [1.82, 2.24) is 9.97 Å². The zero-order valence-corrected chi connectivity index (χ0v) is 11.5. The molecule has 0 bridgehead atoms. The van der Waals surface area contributed by atoms with Crippen LogP contribution in [0.2, 0.25) is 0 Å². The van der Waals surface area contributed by atoms with Gasteiger partial charge in [0.1, 0.15) is 11.6 Å². The Labute approximate surface area is 116 Å². The fourth-order valence-electron chi connectivity index (χ4n) is 2.57. The Hall–Kier alpha value is -1.05. The molecule has 1 aromatic rings. The van der Waals surface area contributed by atoms with Crippen LogP contribution in [0.4, 0.5) is 11.6 Å². The number of rotatable bonds is 3. The van der Waals surface area contributed by atoms with Crippen LogP contribution in [0.15, 0.2) is 11.2 Å². The van der Waals surface area contributed by atoms with Crippen LogP contribution in [-0.4, -0.2) is 34.2 Å². The highest BCUT2D eigenvalue weighted by molar-refractivity contribution is 7.99. The maximum atomic E-state index is 6.03. The first-order valence-corrected chi connectivity index (χ1v) is 7.48. The van der Waals surface area contributed by atoms with Gasteiger partial charge >= 0.3 is 0 Å². The van der Waals surface area contributed by atoms with E-state index in [-0.39, 0.29) is 11.9 Å². The average molecular weight is 282 g/mol. The highest BCUT2D eigenvalue weighted by Gasteiger charge is 2.43. The van der Waals surface area contributed by atoms with Crippen molar-refractivity contribution in [3.8, 4) is 0 Å². The first kappa shape index (κ1) is 13.0. The third kappa shape index (κ3) is 2.93. The van der Waals surface area contributed by atoms with E-state index in [4.69, 9.17) is 20.9 Å². The Kier molecular flexibility index (Phi) is 3.51. The molecule has 1 aliphatic carbocycles. The highest BCUT2D eigenvalue weighted by atomic mass is 32.2. The Morgan fingerprint density at radius 2 is 1.95 bits per heavy atom. The minimum atomic E-state index is -0.305. The second-order valence-electron chi connectivity index (χ2n) is 4.98. The predicted molar refractivity (Wildman–Crippen MR) is 73.6 cm³/mol. The molecule has 1 saturated carbocycles. The van der Waals surface area contributed by atoms with E-state index in [0.29, 0.717) is 23.4 Å². The second kappa shape index (κ2) is 5.15. The number of hydrogen-bond acceptors (Lipinski definition) is 7. The van der Waals surface area contributed by atoms with Crippen molar-refractivity contribution in [2.75, 3.05) is 23.8 Å². The fourth-order valence-corrected chi connectivity index (χ4v) is 3.41. The van der Waals surface area contributed by atoms with E-state index in [0.717, 1.165) is 18.6 Å². The predicted octanol–water partition coefficient (Wildman–Crippen LogP) is 1.42. The number of anilines is 2. The van der Waals surface area contributed by atoms with Gasteiger partial charge in [-0.2, -0.15) is 0 Å². The van der Waals surface area contributed by atoms with Crippen molar-refractivity contribution in [3.05, 3.63) is 6.07 Å². The molecule has 0 aromatic carbocycles. The maximum absolute atomic E-state index is 6.03. The van der Waals surface area contributed by atoms with E-state index in [1.54, 1.807) is 6.07 Å². The normalized spacial score (nSPS) is 25.2. The van der Waals surface area contributed by atoms with Gasteiger partial charge < -0.3 is 20.9 Å². The number of nitrogen functional groups attached to an aromatic ring is 2. The summed E-state index contributed by atoms with van der Waals surface area (Å²) in [4.78, 5) is 8.27. The molecule has 6 nitrogen and oxygen atoms in total. The molecule has 2 heterocycles. The van der Waals surface area contributed by atoms with Crippen LogP contribution in [0.5, 0.6) is 0 Å². The first-order valence-electron chi connectivity index (χ1n) is 6.50. The molecular weight excluding hydrogens is 264 g/mol. The van der Waals surface area contributed by atoms with Gasteiger partial charge in [0.25, 0.3) is 0 Å². The van der Waals surface area contributed by atoms with E-state index >= 15 is 0 Å². The first-order chi connectivity index (χ1) is 9.15. The fraction of sp³-hybridized carbons (Fsp3) is 0.667. The summed E-state index contributed by atoms with van der Waals surface area (Å²) in [7, 11) is 0. The summed E-state index contributed by atoms with van der Waals surface area (Å²) in [5, 5.41) is 0.591. The Balaban J connectivity index is 1.55. The van der Waals surface area contributed by atoms with Gasteiger partial charge in [-0.05, 0) is 12.8 Å². The standard InChI is InChI=1S/C12H18N4O2S/c13-9-5-10(14)16-11(15-9)19-7-8-6-17-12(18-8)3-1-2-4-12/h5,8H,1-4,6-7H2,(H4,13,14,15,16). The van der Waals surface area contributed by atoms with Gasteiger partial charge in [-0.1, -0.05) is 11.8 Å². The summed E-state index contributed by atoms with van der Waals surface area (Å²) >= 11 is 1.50. The van der Waals surface area contributed by atoms with E-state index in [2.05, 4.69) is 9.97 Å². The van der Waals surface area contributed by atoms with Crippen LogP contribution < -0.4 is 11.5 Å². The molecule has 3 rings (SSSR count). The molecule has 0 radical (unpaired) electrons. The quantitative estimate of drug-likeness (QED) is 0.639. The lowest BCUT2D eigenvalue weighted by Crippen LogP contribution is -2.27. The van der Waals surface area contributed by atoms with E-state index in [1.165, 1.54) is 24.6 Å². The number of nitrogens with two attached hydrogens (primary N) is 2. The van der Waals surface area contributed by atoms with Crippen molar-refractivity contribution in [3.63, 3.8) is 0 Å². The second-order valence-corrected chi connectivity index (χ2v) is 5.97. The van der Waals surface area contributed by atoms with Crippen molar-refractivity contribution in [2.24, 2.45) is 0 Å². The van der Waals surface area contributed by atoms with Crippen LogP contribution in [0, 0.1) is 0 Å². The number of ether oxygens (including phenoxy) is 2. The van der Waals surface area contributed by atoms with Crippen LogP contribution >= 0.6 is 11.8 Å². The van der Waals surface area contributed by atoms with Gasteiger partial charge in [-0.25, -0.2) is 9.97 Å². The van der Waals surface area contributed by atoms with E-state index < -0.39 is 0 Å². The molecule has 7 heteroatoms.